The van der Waals surface area contributed by atoms with Gasteiger partial charge in [0.2, 0.25) is 0 Å². The fourth-order valence-electron chi connectivity index (χ4n) is 2.27. The van der Waals surface area contributed by atoms with Gasteiger partial charge in [-0.2, -0.15) is 0 Å². The molecule has 1 atom stereocenters. The summed E-state index contributed by atoms with van der Waals surface area (Å²) in [5.74, 6) is -0.231. The highest BCUT2D eigenvalue weighted by Gasteiger charge is 2.11. The van der Waals surface area contributed by atoms with E-state index in [0.717, 1.165) is 5.56 Å². The summed E-state index contributed by atoms with van der Waals surface area (Å²) in [5, 5.41) is 0. The van der Waals surface area contributed by atoms with Crippen molar-refractivity contribution >= 4 is 5.97 Å². The first-order chi connectivity index (χ1) is 10.2. The minimum Gasteiger partial charge on any atom is -0.466 e. The first-order valence-electron chi connectivity index (χ1n) is 7.24. The Kier molecular flexibility index (Phi) is 5.52. The van der Waals surface area contributed by atoms with Crippen molar-refractivity contribution in [3.8, 4) is 11.1 Å². The number of benzene rings is 2. The lowest BCUT2D eigenvalue weighted by molar-refractivity contribution is -0.143. The van der Waals surface area contributed by atoms with Gasteiger partial charge in [0.05, 0.1) is 13.0 Å². The van der Waals surface area contributed by atoms with Gasteiger partial charge in [0.25, 0.3) is 0 Å². The third-order valence-corrected chi connectivity index (χ3v) is 3.29. The van der Waals surface area contributed by atoms with Gasteiger partial charge in [0.15, 0.2) is 0 Å². The molecular formula is C18H21NO2. The van der Waals surface area contributed by atoms with E-state index in [4.69, 9.17) is 10.5 Å². The first kappa shape index (κ1) is 15.3. The molecule has 0 aromatic heterocycles. The van der Waals surface area contributed by atoms with Gasteiger partial charge in [-0.25, -0.2) is 0 Å². The molecule has 1 unspecified atom stereocenters. The van der Waals surface area contributed by atoms with Gasteiger partial charge < -0.3 is 10.5 Å². The quantitative estimate of drug-likeness (QED) is 0.828. The van der Waals surface area contributed by atoms with Crippen LogP contribution in [0, 0.1) is 0 Å². The standard InChI is InChI=1S/C18H21NO2/c1-2-21-18(20)13-17(19)12-14-8-10-16(11-9-14)15-6-4-3-5-7-15/h3-11,17H,2,12-13,19H2,1H3. The molecule has 0 aliphatic heterocycles. The van der Waals surface area contributed by atoms with E-state index < -0.39 is 0 Å². The van der Waals surface area contributed by atoms with E-state index in [0.29, 0.717) is 13.0 Å². The average Bonchev–Trinajstić information content (AvgIpc) is 2.49. The number of rotatable bonds is 6. The van der Waals surface area contributed by atoms with Gasteiger partial charge >= 0.3 is 5.97 Å². The van der Waals surface area contributed by atoms with E-state index in [2.05, 4.69) is 36.4 Å². The van der Waals surface area contributed by atoms with Crippen molar-refractivity contribution in [1.29, 1.82) is 0 Å². The van der Waals surface area contributed by atoms with E-state index in [1.807, 2.05) is 18.2 Å². The predicted molar refractivity (Wildman–Crippen MR) is 84.8 cm³/mol. The molecule has 0 saturated heterocycles. The van der Waals surface area contributed by atoms with Gasteiger partial charge in [0.1, 0.15) is 0 Å². The van der Waals surface area contributed by atoms with Crippen molar-refractivity contribution in [1.82, 2.24) is 0 Å². The van der Waals surface area contributed by atoms with E-state index in [1.165, 1.54) is 11.1 Å². The van der Waals surface area contributed by atoms with Crippen molar-refractivity contribution in [3.63, 3.8) is 0 Å². The summed E-state index contributed by atoms with van der Waals surface area (Å²) in [6.45, 7) is 2.20. The summed E-state index contributed by atoms with van der Waals surface area (Å²) < 4.78 is 4.91. The van der Waals surface area contributed by atoms with E-state index in [1.54, 1.807) is 6.92 Å². The SMILES string of the molecule is CCOC(=O)CC(N)Cc1ccc(-c2ccccc2)cc1. The molecule has 110 valence electrons. The first-order valence-corrected chi connectivity index (χ1v) is 7.24. The molecule has 0 heterocycles. The largest absolute Gasteiger partial charge is 0.466 e. The van der Waals surface area contributed by atoms with Gasteiger partial charge in [-0.3, -0.25) is 4.79 Å². The minimum atomic E-state index is -0.231. The molecule has 0 radical (unpaired) electrons. The molecule has 3 heteroatoms. The molecule has 21 heavy (non-hydrogen) atoms. The lowest BCUT2D eigenvalue weighted by Gasteiger charge is -2.11. The van der Waals surface area contributed by atoms with Crippen LogP contribution >= 0.6 is 0 Å². The van der Waals surface area contributed by atoms with Crippen molar-refractivity contribution in [3.05, 3.63) is 60.2 Å². The van der Waals surface area contributed by atoms with Crippen LogP contribution in [0.25, 0.3) is 11.1 Å². The molecule has 0 fully saturated rings. The minimum absolute atomic E-state index is 0.202. The van der Waals surface area contributed by atoms with Crippen LogP contribution in [0.15, 0.2) is 54.6 Å². The molecule has 0 amide bonds. The number of hydrogen-bond acceptors (Lipinski definition) is 3. The lowest BCUT2D eigenvalue weighted by Crippen LogP contribution is -2.27. The summed E-state index contributed by atoms with van der Waals surface area (Å²) in [4.78, 5) is 11.4. The summed E-state index contributed by atoms with van der Waals surface area (Å²) in [6.07, 6.45) is 0.933. The highest BCUT2D eigenvalue weighted by atomic mass is 16.5. The third kappa shape index (κ3) is 4.72. The Morgan fingerprint density at radius 1 is 1.05 bits per heavy atom. The third-order valence-electron chi connectivity index (χ3n) is 3.29. The van der Waals surface area contributed by atoms with Crippen LogP contribution in [0.5, 0.6) is 0 Å². The van der Waals surface area contributed by atoms with Gasteiger partial charge in [-0.1, -0.05) is 54.6 Å². The zero-order chi connectivity index (χ0) is 15.1. The van der Waals surface area contributed by atoms with Crippen LogP contribution in [-0.2, 0) is 16.0 Å². The Morgan fingerprint density at radius 2 is 1.67 bits per heavy atom. The molecule has 2 N–H and O–H groups in total. The second kappa shape index (κ2) is 7.60. The molecule has 0 aliphatic carbocycles. The zero-order valence-electron chi connectivity index (χ0n) is 12.3. The molecule has 2 rings (SSSR count). The normalized spacial score (nSPS) is 11.9. The Morgan fingerprint density at radius 3 is 2.29 bits per heavy atom. The van der Waals surface area contributed by atoms with Gasteiger partial charge in [0, 0.05) is 6.04 Å². The van der Waals surface area contributed by atoms with Gasteiger partial charge in [-0.15, -0.1) is 0 Å². The van der Waals surface area contributed by atoms with E-state index in [9.17, 15) is 4.79 Å². The average molecular weight is 283 g/mol. The van der Waals surface area contributed by atoms with Crippen molar-refractivity contribution in [2.24, 2.45) is 5.73 Å². The highest BCUT2D eigenvalue weighted by Crippen LogP contribution is 2.19. The Balaban J connectivity index is 1.95. The molecule has 2 aromatic carbocycles. The van der Waals surface area contributed by atoms with Crippen LogP contribution in [-0.4, -0.2) is 18.6 Å². The van der Waals surface area contributed by atoms with Gasteiger partial charge in [-0.05, 0) is 30.0 Å². The maximum absolute atomic E-state index is 11.4. The summed E-state index contributed by atoms with van der Waals surface area (Å²) in [7, 11) is 0. The second-order valence-electron chi connectivity index (χ2n) is 5.04. The van der Waals surface area contributed by atoms with Crippen LogP contribution in [0.3, 0.4) is 0 Å². The van der Waals surface area contributed by atoms with Crippen molar-refractivity contribution in [2.45, 2.75) is 25.8 Å². The van der Waals surface area contributed by atoms with Crippen molar-refractivity contribution < 1.29 is 9.53 Å². The molecule has 0 aliphatic rings. The molecular weight excluding hydrogens is 262 g/mol. The van der Waals surface area contributed by atoms with Crippen molar-refractivity contribution in [2.75, 3.05) is 6.61 Å². The summed E-state index contributed by atoms with van der Waals surface area (Å²) in [6, 6.07) is 18.3. The van der Waals surface area contributed by atoms with Crippen LogP contribution in [0.4, 0.5) is 0 Å². The number of nitrogens with two attached hydrogens (primary N) is 1. The van der Waals surface area contributed by atoms with E-state index in [-0.39, 0.29) is 18.4 Å². The van der Waals surface area contributed by atoms with Crippen LogP contribution in [0.2, 0.25) is 0 Å². The Hall–Kier alpha value is -2.13. The maximum Gasteiger partial charge on any atom is 0.307 e. The second-order valence-corrected chi connectivity index (χ2v) is 5.04. The number of ether oxygens (including phenoxy) is 1. The topological polar surface area (TPSA) is 52.3 Å². The fraction of sp³-hybridized carbons (Fsp3) is 0.278. The zero-order valence-corrected chi connectivity index (χ0v) is 12.3. The molecule has 0 spiro atoms. The molecule has 0 bridgehead atoms. The fourth-order valence-corrected chi connectivity index (χ4v) is 2.27. The number of carbonyl (C=O) groups excluding carboxylic acids is 1. The molecule has 3 nitrogen and oxygen atoms in total. The monoisotopic (exact) mass is 283 g/mol. The summed E-state index contributed by atoms with van der Waals surface area (Å²) >= 11 is 0. The highest BCUT2D eigenvalue weighted by molar-refractivity contribution is 5.70. The number of carbonyl (C=O) groups is 1. The number of hydrogen-bond donors (Lipinski definition) is 1. The molecule has 0 saturated carbocycles. The molecule has 2 aromatic rings. The van der Waals surface area contributed by atoms with Crippen LogP contribution in [0.1, 0.15) is 18.9 Å². The Bertz CT molecular complexity index is 564. The lowest BCUT2D eigenvalue weighted by atomic mass is 10.00. The summed E-state index contributed by atoms with van der Waals surface area (Å²) in [5.41, 5.74) is 9.49. The van der Waals surface area contributed by atoms with E-state index >= 15 is 0 Å². The smallest absolute Gasteiger partial charge is 0.307 e. The number of esters is 1. The maximum atomic E-state index is 11.4. The predicted octanol–water partition coefficient (Wildman–Crippen LogP) is 3.18. The Labute approximate surface area is 125 Å². The van der Waals surface area contributed by atoms with Crippen LogP contribution < -0.4 is 5.73 Å².